The molecule has 0 fully saturated rings. The molecule has 0 saturated carbocycles. The fourth-order valence-corrected chi connectivity index (χ4v) is 5.90. The van der Waals surface area contributed by atoms with Crippen molar-refractivity contribution in [3.05, 3.63) is 76.3 Å². The van der Waals surface area contributed by atoms with E-state index in [2.05, 4.69) is 25.1 Å². The molecule has 5 rings (SSSR count). The minimum absolute atomic E-state index is 0.0550. The second-order valence-corrected chi connectivity index (χ2v) is 12.4. The maximum Gasteiger partial charge on any atom is 0.304 e. The highest BCUT2D eigenvalue weighted by Gasteiger charge is 2.27. The van der Waals surface area contributed by atoms with Gasteiger partial charge in [0.1, 0.15) is 33.7 Å². The molecule has 1 atom stereocenters. The molecule has 1 N–H and O–H groups in total. The number of aliphatic carboxylic acids is 1. The van der Waals surface area contributed by atoms with Gasteiger partial charge >= 0.3 is 5.97 Å². The summed E-state index contributed by atoms with van der Waals surface area (Å²) < 4.78 is 40.5. The largest absolute Gasteiger partial charge is 0.493 e. The molecule has 38 heavy (non-hydrogen) atoms. The first kappa shape index (κ1) is 26.1. The molecule has 1 aliphatic carbocycles. The van der Waals surface area contributed by atoms with Crippen molar-refractivity contribution in [3.8, 4) is 28.4 Å². The molecule has 0 radical (unpaired) electrons. The molecule has 0 saturated heterocycles. The zero-order chi connectivity index (χ0) is 26.9. The van der Waals surface area contributed by atoms with Crippen LogP contribution in [-0.4, -0.2) is 44.7 Å². The summed E-state index contributed by atoms with van der Waals surface area (Å²) in [6.07, 6.45) is 3.73. The first-order valence-corrected chi connectivity index (χ1v) is 14.9. The quantitative estimate of drug-likeness (QED) is 0.340. The maximum absolute atomic E-state index is 11.4. The van der Waals surface area contributed by atoms with Gasteiger partial charge in [-0.2, -0.15) is 0 Å². The van der Waals surface area contributed by atoms with Crippen LogP contribution in [-0.2, 0) is 34.1 Å². The monoisotopic (exact) mass is 536 g/mol. The van der Waals surface area contributed by atoms with Gasteiger partial charge in [-0.05, 0) is 77.8 Å². The lowest BCUT2D eigenvalue weighted by molar-refractivity contribution is -0.137. The van der Waals surface area contributed by atoms with Gasteiger partial charge in [0.05, 0.1) is 25.4 Å². The molecule has 1 aliphatic heterocycles. The van der Waals surface area contributed by atoms with Crippen LogP contribution in [0.2, 0.25) is 0 Å². The van der Waals surface area contributed by atoms with Crippen molar-refractivity contribution in [2.24, 2.45) is 0 Å². The molecule has 0 spiro atoms. The molecule has 0 aromatic heterocycles. The Labute approximate surface area is 223 Å². The summed E-state index contributed by atoms with van der Waals surface area (Å²) in [6, 6.07) is 16.0. The lowest BCUT2D eigenvalue weighted by atomic mass is 9.79. The molecule has 2 aliphatic rings. The highest BCUT2D eigenvalue weighted by molar-refractivity contribution is 7.90. The predicted molar refractivity (Wildman–Crippen MR) is 145 cm³/mol. The number of rotatable bonds is 11. The van der Waals surface area contributed by atoms with E-state index in [1.807, 2.05) is 30.3 Å². The molecule has 1 heterocycles. The Morgan fingerprint density at radius 3 is 2.63 bits per heavy atom. The van der Waals surface area contributed by atoms with Crippen LogP contribution >= 0.6 is 0 Å². The van der Waals surface area contributed by atoms with Crippen molar-refractivity contribution >= 4 is 15.8 Å². The zero-order valence-corrected chi connectivity index (χ0v) is 22.5. The third kappa shape index (κ3) is 5.80. The van der Waals surface area contributed by atoms with Crippen molar-refractivity contribution in [2.75, 3.05) is 25.2 Å². The van der Waals surface area contributed by atoms with E-state index in [0.717, 1.165) is 40.8 Å². The van der Waals surface area contributed by atoms with E-state index in [4.69, 9.17) is 19.3 Å². The fourth-order valence-electron chi connectivity index (χ4n) is 5.26. The Hall–Kier alpha value is -3.52. The first-order chi connectivity index (χ1) is 18.2. The van der Waals surface area contributed by atoms with Gasteiger partial charge in [0, 0.05) is 23.8 Å². The van der Waals surface area contributed by atoms with Crippen molar-refractivity contribution in [1.29, 1.82) is 0 Å². The van der Waals surface area contributed by atoms with Gasteiger partial charge in [0.15, 0.2) is 0 Å². The number of aryl methyl sites for hydroxylation is 1. The third-order valence-corrected chi connectivity index (χ3v) is 8.18. The average molecular weight is 537 g/mol. The summed E-state index contributed by atoms with van der Waals surface area (Å²) in [5, 5.41) is 9.10. The second kappa shape index (κ2) is 10.7. The van der Waals surface area contributed by atoms with Gasteiger partial charge in [-0.15, -0.1) is 0 Å². The van der Waals surface area contributed by atoms with Gasteiger partial charge < -0.3 is 19.3 Å². The number of benzene rings is 3. The smallest absolute Gasteiger partial charge is 0.304 e. The minimum atomic E-state index is -2.99. The topological polar surface area (TPSA) is 99.1 Å². The SMILES string of the molecule is Cc1cc(OCCCS(C)(=O)=O)c2c(c1-c1cccc(COc3ccc4c(c3)OCC4CC(=O)O)c1)CC2. The molecular formula is C30H32O7S. The van der Waals surface area contributed by atoms with Crippen LogP contribution in [0, 0.1) is 6.92 Å². The first-order valence-electron chi connectivity index (χ1n) is 12.8. The molecule has 1 unspecified atom stereocenters. The van der Waals surface area contributed by atoms with Crippen LogP contribution in [0.3, 0.4) is 0 Å². The minimum Gasteiger partial charge on any atom is -0.493 e. The summed E-state index contributed by atoms with van der Waals surface area (Å²) in [5.41, 5.74) is 7.97. The van der Waals surface area contributed by atoms with Crippen molar-refractivity contribution in [1.82, 2.24) is 0 Å². The molecule has 3 aromatic carbocycles. The molecule has 3 aromatic rings. The normalized spacial score (nSPS) is 15.7. The van der Waals surface area contributed by atoms with Gasteiger partial charge in [-0.1, -0.05) is 24.3 Å². The summed E-state index contributed by atoms with van der Waals surface area (Å²) >= 11 is 0. The van der Waals surface area contributed by atoms with Crippen molar-refractivity contribution in [2.45, 2.75) is 45.1 Å². The molecule has 8 heteroatoms. The van der Waals surface area contributed by atoms with Crippen LogP contribution in [0.4, 0.5) is 0 Å². The average Bonchev–Trinajstić information content (AvgIpc) is 3.23. The maximum atomic E-state index is 11.4. The van der Waals surface area contributed by atoms with E-state index < -0.39 is 15.8 Å². The van der Waals surface area contributed by atoms with Crippen LogP contribution in [0.1, 0.15) is 46.6 Å². The molecular weight excluding hydrogens is 504 g/mol. The number of sulfone groups is 1. The van der Waals surface area contributed by atoms with Crippen molar-refractivity contribution < 1.29 is 32.5 Å². The van der Waals surface area contributed by atoms with Crippen molar-refractivity contribution in [3.63, 3.8) is 0 Å². The third-order valence-electron chi connectivity index (χ3n) is 7.15. The summed E-state index contributed by atoms with van der Waals surface area (Å²) in [7, 11) is -2.99. The van der Waals surface area contributed by atoms with E-state index in [1.165, 1.54) is 22.9 Å². The standard InChI is InChI=1S/C30H32O7S/c1-19-13-27(35-11-4-12-38(2,33)34)25-9-10-26(25)30(19)21-6-3-5-20(14-21)17-36-23-7-8-24-22(15-29(31)32)18-37-28(24)16-23/h3,5-8,13-14,16,22H,4,9-12,15,17-18H2,1-2H3,(H,31,32). The van der Waals surface area contributed by atoms with E-state index in [1.54, 1.807) is 0 Å². The molecule has 200 valence electrons. The summed E-state index contributed by atoms with van der Waals surface area (Å²) in [6.45, 7) is 3.25. The van der Waals surface area contributed by atoms with Crippen LogP contribution in [0.5, 0.6) is 17.2 Å². The predicted octanol–water partition coefficient (Wildman–Crippen LogP) is 5.10. The molecule has 0 amide bonds. The van der Waals surface area contributed by atoms with Crippen LogP contribution in [0.25, 0.3) is 11.1 Å². The number of carboxylic acids is 1. The molecule has 0 bridgehead atoms. The van der Waals surface area contributed by atoms with Gasteiger partial charge in [-0.3, -0.25) is 4.79 Å². The highest BCUT2D eigenvalue weighted by atomic mass is 32.2. The zero-order valence-electron chi connectivity index (χ0n) is 21.7. The van der Waals surface area contributed by atoms with Crippen LogP contribution in [0.15, 0.2) is 48.5 Å². The number of hydrogen-bond donors (Lipinski definition) is 1. The van der Waals surface area contributed by atoms with E-state index in [9.17, 15) is 13.2 Å². The van der Waals surface area contributed by atoms with Gasteiger partial charge in [0.25, 0.3) is 0 Å². The number of fused-ring (bicyclic) bond motifs is 2. The Kier molecular flexibility index (Phi) is 7.34. The Bertz CT molecular complexity index is 1480. The number of hydrogen-bond acceptors (Lipinski definition) is 6. The van der Waals surface area contributed by atoms with E-state index >= 15 is 0 Å². The Morgan fingerprint density at radius 1 is 1.08 bits per heavy atom. The number of carbonyl (C=O) groups is 1. The number of ether oxygens (including phenoxy) is 3. The van der Waals surface area contributed by atoms with Gasteiger partial charge in [-0.25, -0.2) is 8.42 Å². The summed E-state index contributed by atoms with van der Waals surface area (Å²) in [4.78, 5) is 11.1. The lowest BCUT2D eigenvalue weighted by Gasteiger charge is -2.28. The second-order valence-electron chi connectivity index (χ2n) is 10.2. The van der Waals surface area contributed by atoms with Gasteiger partial charge in [0.2, 0.25) is 0 Å². The Balaban J connectivity index is 1.27. The Morgan fingerprint density at radius 2 is 1.89 bits per heavy atom. The van der Waals surface area contributed by atoms with Crippen LogP contribution < -0.4 is 14.2 Å². The van der Waals surface area contributed by atoms with E-state index in [0.29, 0.717) is 37.7 Å². The summed E-state index contributed by atoms with van der Waals surface area (Å²) in [5.74, 6) is 1.41. The highest BCUT2D eigenvalue weighted by Crippen LogP contribution is 2.42. The van der Waals surface area contributed by atoms with E-state index in [-0.39, 0.29) is 18.1 Å². The molecule has 7 nitrogen and oxygen atoms in total. The number of carboxylic acid groups (broad SMARTS) is 1. The fraction of sp³-hybridized carbons (Fsp3) is 0.367. The lowest BCUT2D eigenvalue weighted by Crippen LogP contribution is -2.15.